The van der Waals surface area contributed by atoms with E-state index in [4.69, 9.17) is 11.6 Å². The molecule has 33 heavy (non-hydrogen) atoms. The van der Waals surface area contributed by atoms with Crippen molar-refractivity contribution in [1.29, 1.82) is 0 Å². The van der Waals surface area contributed by atoms with Crippen molar-refractivity contribution >= 4 is 38.9 Å². The summed E-state index contributed by atoms with van der Waals surface area (Å²) in [5.41, 5.74) is 1.57. The Labute approximate surface area is 197 Å². The van der Waals surface area contributed by atoms with Crippen molar-refractivity contribution in [1.82, 2.24) is 4.31 Å². The van der Waals surface area contributed by atoms with Crippen LogP contribution in [-0.2, 0) is 14.8 Å². The lowest BCUT2D eigenvalue weighted by atomic mass is 9.97. The fourth-order valence-corrected chi connectivity index (χ4v) is 6.14. The molecule has 0 unspecified atom stereocenters. The van der Waals surface area contributed by atoms with Gasteiger partial charge in [-0.25, -0.2) is 17.2 Å². The van der Waals surface area contributed by atoms with Crippen LogP contribution >= 0.6 is 11.6 Å². The van der Waals surface area contributed by atoms with Gasteiger partial charge in [-0.3, -0.25) is 4.79 Å². The monoisotopic (exact) mass is 497 g/mol. The molecular weight excluding hydrogens is 472 g/mol. The summed E-state index contributed by atoms with van der Waals surface area (Å²) in [7, 11) is -4.19. The lowest BCUT2D eigenvalue weighted by Gasteiger charge is -2.32. The van der Waals surface area contributed by atoms with E-state index in [1.54, 1.807) is 12.1 Å². The molecule has 2 aromatic rings. The highest BCUT2D eigenvalue weighted by Crippen LogP contribution is 2.33. The van der Waals surface area contributed by atoms with E-state index in [1.165, 1.54) is 6.42 Å². The van der Waals surface area contributed by atoms with Crippen LogP contribution in [0.2, 0.25) is 5.02 Å². The number of nitrogens with zero attached hydrogens (tertiary/aromatic N) is 2. The number of sulfonamides is 1. The first-order chi connectivity index (χ1) is 15.8. The highest BCUT2D eigenvalue weighted by Gasteiger charge is 2.34. The molecule has 0 saturated carbocycles. The molecule has 0 atom stereocenters. The summed E-state index contributed by atoms with van der Waals surface area (Å²) in [5.74, 6) is -2.43. The van der Waals surface area contributed by atoms with Crippen LogP contribution in [0, 0.1) is 17.6 Å². The first kappa shape index (κ1) is 23.9. The topological polar surface area (TPSA) is 69.7 Å². The van der Waals surface area contributed by atoms with E-state index in [0.717, 1.165) is 48.1 Å². The number of hydrogen-bond acceptors (Lipinski definition) is 4. The van der Waals surface area contributed by atoms with Gasteiger partial charge in [-0.1, -0.05) is 11.6 Å². The summed E-state index contributed by atoms with van der Waals surface area (Å²) in [6.07, 6.45) is 3.93. The van der Waals surface area contributed by atoms with Crippen LogP contribution in [0.1, 0.15) is 32.1 Å². The van der Waals surface area contributed by atoms with E-state index in [0.29, 0.717) is 16.8 Å². The van der Waals surface area contributed by atoms with Crippen LogP contribution in [0.3, 0.4) is 0 Å². The fraction of sp³-hybridized carbons (Fsp3) is 0.435. The van der Waals surface area contributed by atoms with Crippen LogP contribution in [-0.4, -0.2) is 44.8 Å². The second-order valence-electron chi connectivity index (χ2n) is 8.45. The normalized spacial score (nSPS) is 18.3. The third-order valence-electron chi connectivity index (χ3n) is 6.25. The summed E-state index contributed by atoms with van der Waals surface area (Å²) in [6.45, 7) is 1.92. The SMILES string of the molecule is O=C(Nc1cc(Cl)ccc1N1CCCCC1)C1CCN(S(=O)(=O)c2cc(F)ccc2F)CC1. The third-order valence-corrected chi connectivity index (χ3v) is 8.40. The molecule has 2 aliphatic heterocycles. The Kier molecular flexibility index (Phi) is 7.21. The summed E-state index contributed by atoms with van der Waals surface area (Å²) in [5, 5.41) is 3.50. The number of rotatable bonds is 5. The van der Waals surface area contributed by atoms with E-state index < -0.39 is 32.5 Å². The minimum atomic E-state index is -4.19. The molecule has 0 bridgehead atoms. The van der Waals surface area contributed by atoms with Gasteiger partial charge in [0.05, 0.1) is 11.4 Å². The molecular formula is C23H26ClF2N3O3S. The average Bonchev–Trinajstić information content (AvgIpc) is 2.81. The van der Waals surface area contributed by atoms with Crippen molar-refractivity contribution in [2.75, 3.05) is 36.4 Å². The predicted molar refractivity (Wildman–Crippen MR) is 124 cm³/mol. The van der Waals surface area contributed by atoms with Crippen molar-refractivity contribution in [3.05, 3.63) is 53.1 Å². The standard InChI is InChI=1S/C23H26ClF2N3O3S/c24-17-4-7-21(28-10-2-1-3-11-28)20(14-17)27-23(30)16-8-12-29(13-9-16)33(31,32)22-15-18(25)5-6-19(22)26/h4-7,14-16H,1-3,8-13H2,(H,27,30). The van der Waals surface area contributed by atoms with Crippen LogP contribution in [0.5, 0.6) is 0 Å². The van der Waals surface area contributed by atoms with Gasteiger partial charge in [0.2, 0.25) is 15.9 Å². The molecule has 1 N–H and O–H groups in total. The number of nitrogens with one attached hydrogen (secondary N) is 1. The number of halogens is 3. The third kappa shape index (κ3) is 5.31. The molecule has 2 fully saturated rings. The quantitative estimate of drug-likeness (QED) is 0.653. The van der Waals surface area contributed by atoms with Gasteiger partial charge < -0.3 is 10.2 Å². The maximum Gasteiger partial charge on any atom is 0.246 e. The van der Waals surface area contributed by atoms with E-state index in [1.807, 2.05) is 6.07 Å². The van der Waals surface area contributed by atoms with Gasteiger partial charge in [-0.2, -0.15) is 4.31 Å². The summed E-state index contributed by atoms with van der Waals surface area (Å²) < 4.78 is 54.2. The molecule has 1 amide bonds. The van der Waals surface area contributed by atoms with Gasteiger partial charge in [-0.15, -0.1) is 0 Å². The van der Waals surface area contributed by atoms with Gasteiger partial charge in [-0.05, 0) is 68.5 Å². The number of amides is 1. The van der Waals surface area contributed by atoms with Gasteiger partial charge in [0.25, 0.3) is 0 Å². The Morgan fingerprint density at radius 2 is 1.67 bits per heavy atom. The number of hydrogen-bond donors (Lipinski definition) is 1. The smallest absolute Gasteiger partial charge is 0.246 e. The molecule has 2 heterocycles. The summed E-state index contributed by atoms with van der Waals surface area (Å²) in [6, 6.07) is 7.80. The molecule has 6 nitrogen and oxygen atoms in total. The molecule has 4 rings (SSSR count). The Hall–Kier alpha value is -2.23. The van der Waals surface area contributed by atoms with Gasteiger partial charge in [0, 0.05) is 37.1 Å². The second-order valence-corrected chi connectivity index (χ2v) is 10.8. The highest BCUT2D eigenvalue weighted by atomic mass is 35.5. The van der Waals surface area contributed by atoms with E-state index >= 15 is 0 Å². The zero-order chi connectivity index (χ0) is 23.6. The Balaban J connectivity index is 1.43. The van der Waals surface area contributed by atoms with E-state index in [9.17, 15) is 22.0 Å². The first-order valence-electron chi connectivity index (χ1n) is 11.1. The largest absolute Gasteiger partial charge is 0.370 e. The van der Waals surface area contributed by atoms with Crippen molar-refractivity contribution in [3.8, 4) is 0 Å². The fourth-order valence-electron chi connectivity index (χ4n) is 4.43. The number of carbonyl (C=O) groups is 1. The van der Waals surface area contributed by atoms with Gasteiger partial charge in [0.1, 0.15) is 16.5 Å². The van der Waals surface area contributed by atoms with Crippen LogP contribution < -0.4 is 10.2 Å². The minimum absolute atomic E-state index is 0.0465. The van der Waals surface area contributed by atoms with Crippen molar-refractivity contribution in [2.45, 2.75) is 37.0 Å². The van der Waals surface area contributed by atoms with Crippen molar-refractivity contribution in [3.63, 3.8) is 0 Å². The van der Waals surface area contributed by atoms with Crippen LogP contribution in [0.4, 0.5) is 20.2 Å². The maximum atomic E-state index is 14.0. The van der Waals surface area contributed by atoms with Crippen LogP contribution in [0.25, 0.3) is 0 Å². The Bertz CT molecular complexity index is 1130. The Morgan fingerprint density at radius 3 is 2.36 bits per heavy atom. The van der Waals surface area contributed by atoms with Crippen molar-refractivity contribution in [2.24, 2.45) is 5.92 Å². The minimum Gasteiger partial charge on any atom is -0.370 e. The van der Waals surface area contributed by atoms with E-state index in [-0.39, 0.29) is 31.8 Å². The zero-order valence-electron chi connectivity index (χ0n) is 18.1. The molecule has 0 aliphatic carbocycles. The molecule has 10 heteroatoms. The molecule has 0 radical (unpaired) electrons. The molecule has 2 aliphatic rings. The van der Waals surface area contributed by atoms with Crippen molar-refractivity contribution < 1.29 is 22.0 Å². The highest BCUT2D eigenvalue weighted by molar-refractivity contribution is 7.89. The lowest BCUT2D eigenvalue weighted by molar-refractivity contribution is -0.120. The first-order valence-corrected chi connectivity index (χ1v) is 12.9. The van der Waals surface area contributed by atoms with Crippen LogP contribution in [0.15, 0.2) is 41.3 Å². The lowest BCUT2D eigenvalue weighted by Crippen LogP contribution is -2.41. The predicted octanol–water partition coefficient (Wildman–Crippen LogP) is 4.65. The molecule has 2 aromatic carbocycles. The van der Waals surface area contributed by atoms with Gasteiger partial charge >= 0.3 is 0 Å². The maximum absolute atomic E-state index is 14.0. The van der Waals surface area contributed by atoms with E-state index in [2.05, 4.69) is 10.2 Å². The second kappa shape index (κ2) is 9.95. The average molecular weight is 498 g/mol. The Morgan fingerprint density at radius 1 is 0.970 bits per heavy atom. The van der Waals surface area contributed by atoms with Gasteiger partial charge in [0.15, 0.2) is 0 Å². The molecule has 0 aromatic heterocycles. The number of carbonyl (C=O) groups excluding carboxylic acids is 1. The number of benzene rings is 2. The number of piperidine rings is 2. The summed E-state index contributed by atoms with van der Waals surface area (Å²) >= 11 is 6.18. The number of anilines is 2. The molecule has 178 valence electrons. The molecule has 2 saturated heterocycles. The molecule has 0 spiro atoms. The zero-order valence-corrected chi connectivity index (χ0v) is 19.6. The summed E-state index contributed by atoms with van der Waals surface area (Å²) in [4.78, 5) is 14.5.